The second-order valence-electron chi connectivity index (χ2n) is 6.21. The van der Waals surface area contributed by atoms with Gasteiger partial charge < -0.3 is 5.32 Å². The number of hydrogen-bond donors (Lipinski definition) is 1. The standard InChI is InChI=1S/C18H13N5O5S/c24-18(11-2-1-3-14(8-11)23(27)28)19-17-15-9-29-10-16(15)20-21(17)12-4-6-13(7-5-12)22(25)26/h1-8H,9-10H2,(H,19,24). The predicted molar refractivity (Wildman–Crippen MR) is 106 cm³/mol. The Morgan fingerprint density at radius 2 is 1.76 bits per heavy atom. The first kappa shape index (κ1) is 18.6. The van der Waals surface area contributed by atoms with Crippen LogP contribution in [0.25, 0.3) is 5.69 Å². The van der Waals surface area contributed by atoms with Crippen LogP contribution >= 0.6 is 11.8 Å². The molecule has 0 fully saturated rings. The van der Waals surface area contributed by atoms with Crippen LogP contribution in [-0.2, 0) is 11.5 Å². The highest BCUT2D eigenvalue weighted by Gasteiger charge is 2.25. The van der Waals surface area contributed by atoms with Crippen LogP contribution in [0.3, 0.4) is 0 Å². The smallest absolute Gasteiger partial charge is 0.270 e. The van der Waals surface area contributed by atoms with E-state index in [1.54, 1.807) is 23.9 Å². The molecule has 29 heavy (non-hydrogen) atoms. The van der Waals surface area contributed by atoms with Gasteiger partial charge in [-0.15, -0.1) is 0 Å². The number of thioether (sulfide) groups is 1. The minimum atomic E-state index is -0.563. The molecule has 1 aromatic heterocycles. The number of carbonyl (C=O) groups excluding carboxylic acids is 1. The molecule has 1 N–H and O–H groups in total. The quantitative estimate of drug-likeness (QED) is 0.500. The molecule has 146 valence electrons. The third kappa shape index (κ3) is 3.55. The summed E-state index contributed by atoms with van der Waals surface area (Å²) >= 11 is 1.66. The van der Waals surface area contributed by atoms with Gasteiger partial charge >= 0.3 is 0 Å². The molecule has 1 amide bonds. The van der Waals surface area contributed by atoms with Crippen molar-refractivity contribution in [3.8, 4) is 5.69 Å². The number of nitrogens with zero attached hydrogens (tertiary/aromatic N) is 4. The van der Waals surface area contributed by atoms with Crippen molar-refractivity contribution in [3.63, 3.8) is 0 Å². The van der Waals surface area contributed by atoms with Crippen LogP contribution in [-0.4, -0.2) is 25.5 Å². The SMILES string of the molecule is O=C(Nc1c2c(nn1-c1ccc([N+](=O)[O-])cc1)CSC2)c1cccc([N+](=O)[O-])c1. The van der Waals surface area contributed by atoms with Gasteiger partial charge in [0.05, 0.1) is 21.2 Å². The van der Waals surface area contributed by atoms with E-state index < -0.39 is 15.8 Å². The van der Waals surface area contributed by atoms with Crippen molar-refractivity contribution in [2.75, 3.05) is 5.32 Å². The molecule has 0 unspecified atom stereocenters. The number of nitro groups is 2. The fourth-order valence-electron chi connectivity index (χ4n) is 2.98. The average Bonchev–Trinajstić information content (AvgIpc) is 3.30. The number of nitro benzene ring substituents is 2. The Kier molecular flexibility index (Phi) is 4.72. The van der Waals surface area contributed by atoms with E-state index in [1.165, 1.54) is 41.1 Å². The van der Waals surface area contributed by atoms with Gasteiger partial charge in [-0.25, -0.2) is 4.68 Å². The van der Waals surface area contributed by atoms with E-state index in [0.717, 1.165) is 11.3 Å². The Morgan fingerprint density at radius 1 is 1.03 bits per heavy atom. The molecule has 4 rings (SSSR count). The molecular weight excluding hydrogens is 398 g/mol. The molecular formula is C18H13N5O5S. The number of aromatic nitrogens is 2. The first-order valence-electron chi connectivity index (χ1n) is 8.43. The highest BCUT2D eigenvalue weighted by atomic mass is 32.2. The van der Waals surface area contributed by atoms with Crippen molar-refractivity contribution in [1.29, 1.82) is 0 Å². The van der Waals surface area contributed by atoms with E-state index in [0.29, 0.717) is 23.0 Å². The number of rotatable bonds is 5. The summed E-state index contributed by atoms with van der Waals surface area (Å²) < 4.78 is 1.53. The topological polar surface area (TPSA) is 133 Å². The maximum Gasteiger partial charge on any atom is 0.270 e. The zero-order valence-corrected chi connectivity index (χ0v) is 15.6. The first-order valence-corrected chi connectivity index (χ1v) is 9.58. The molecule has 10 nitrogen and oxygen atoms in total. The number of nitrogens with one attached hydrogen (secondary N) is 1. The lowest BCUT2D eigenvalue weighted by Crippen LogP contribution is -2.16. The van der Waals surface area contributed by atoms with Gasteiger partial charge in [0, 0.05) is 46.9 Å². The van der Waals surface area contributed by atoms with Crippen molar-refractivity contribution >= 4 is 34.9 Å². The van der Waals surface area contributed by atoms with Crippen LogP contribution in [0.5, 0.6) is 0 Å². The number of non-ortho nitro benzene ring substituents is 2. The average molecular weight is 411 g/mol. The lowest BCUT2D eigenvalue weighted by molar-refractivity contribution is -0.385. The van der Waals surface area contributed by atoms with Crippen molar-refractivity contribution in [3.05, 3.63) is 85.6 Å². The van der Waals surface area contributed by atoms with Gasteiger partial charge in [-0.1, -0.05) is 6.07 Å². The third-order valence-electron chi connectivity index (χ3n) is 4.41. The molecule has 0 atom stereocenters. The summed E-state index contributed by atoms with van der Waals surface area (Å²) in [7, 11) is 0. The lowest BCUT2D eigenvalue weighted by Gasteiger charge is -2.11. The molecule has 0 radical (unpaired) electrons. The zero-order chi connectivity index (χ0) is 20.5. The number of fused-ring (bicyclic) bond motifs is 1. The van der Waals surface area contributed by atoms with Gasteiger partial charge in [-0.05, 0) is 18.2 Å². The molecule has 0 bridgehead atoms. The van der Waals surface area contributed by atoms with Gasteiger partial charge in [-0.3, -0.25) is 25.0 Å². The second-order valence-corrected chi connectivity index (χ2v) is 7.20. The van der Waals surface area contributed by atoms with Crippen LogP contribution in [0.4, 0.5) is 17.2 Å². The van der Waals surface area contributed by atoms with E-state index in [9.17, 15) is 25.0 Å². The molecule has 1 aliphatic rings. The van der Waals surface area contributed by atoms with Crippen molar-refractivity contribution in [2.45, 2.75) is 11.5 Å². The van der Waals surface area contributed by atoms with Crippen molar-refractivity contribution < 1.29 is 14.6 Å². The summed E-state index contributed by atoms with van der Waals surface area (Å²) in [5.41, 5.74) is 2.17. The Labute approximate surface area is 167 Å². The fourth-order valence-corrected chi connectivity index (χ4v) is 4.02. The van der Waals surface area contributed by atoms with Gasteiger partial charge in [0.2, 0.25) is 0 Å². The number of amides is 1. The number of benzene rings is 2. The minimum Gasteiger partial charge on any atom is -0.306 e. The van der Waals surface area contributed by atoms with E-state index in [4.69, 9.17) is 0 Å². The van der Waals surface area contributed by atoms with Gasteiger partial charge in [0.1, 0.15) is 5.82 Å². The van der Waals surface area contributed by atoms with Gasteiger partial charge in [0.25, 0.3) is 17.3 Å². The summed E-state index contributed by atoms with van der Waals surface area (Å²) in [6, 6.07) is 11.3. The summed E-state index contributed by atoms with van der Waals surface area (Å²) in [5.74, 6) is 1.30. The number of carbonyl (C=O) groups is 1. The van der Waals surface area contributed by atoms with E-state index in [-0.39, 0.29) is 16.9 Å². The minimum absolute atomic E-state index is 0.0498. The molecule has 2 heterocycles. The number of hydrogen-bond acceptors (Lipinski definition) is 7. The Hall–Kier alpha value is -3.73. The Bertz CT molecular complexity index is 1140. The zero-order valence-electron chi connectivity index (χ0n) is 14.8. The van der Waals surface area contributed by atoms with Crippen molar-refractivity contribution in [2.24, 2.45) is 0 Å². The molecule has 0 saturated heterocycles. The molecule has 0 saturated carbocycles. The summed E-state index contributed by atoms with van der Waals surface area (Å²) in [6.07, 6.45) is 0. The maximum atomic E-state index is 12.7. The Balaban J connectivity index is 1.70. The van der Waals surface area contributed by atoms with E-state index >= 15 is 0 Å². The highest BCUT2D eigenvalue weighted by Crippen LogP contribution is 2.36. The van der Waals surface area contributed by atoms with Gasteiger partial charge in [0.15, 0.2) is 0 Å². The number of anilines is 1. The van der Waals surface area contributed by atoms with Gasteiger partial charge in [-0.2, -0.15) is 16.9 Å². The first-order chi connectivity index (χ1) is 13.9. The molecule has 3 aromatic rings. The summed E-state index contributed by atoms with van der Waals surface area (Å²) in [4.78, 5) is 33.5. The van der Waals surface area contributed by atoms with E-state index in [2.05, 4.69) is 10.4 Å². The highest BCUT2D eigenvalue weighted by molar-refractivity contribution is 7.98. The van der Waals surface area contributed by atoms with Crippen LogP contribution in [0.2, 0.25) is 0 Å². The molecule has 0 spiro atoms. The van der Waals surface area contributed by atoms with Crippen LogP contribution < -0.4 is 5.32 Å². The van der Waals surface area contributed by atoms with Crippen LogP contribution in [0.15, 0.2) is 48.5 Å². The third-order valence-corrected chi connectivity index (χ3v) is 5.38. The summed E-state index contributed by atoms with van der Waals surface area (Å²) in [6.45, 7) is 0. The lowest BCUT2D eigenvalue weighted by atomic mass is 10.2. The van der Waals surface area contributed by atoms with Crippen molar-refractivity contribution in [1.82, 2.24) is 9.78 Å². The van der Waals surface area contributed by atoms with Crippen LogP contribution in [0.1, 0.15) is 21.6 Å². The maximum absolute atomic E-state index is 12.7. The normalized spacial score (nSPS) is 12.4. The predicted octanol–water partition coefficient (Wildman–Crippen LogP) is 3.69. The monoisotopic (exact) mass is 411 g/mol. The second kappa shape index (κ2) is 7.36. The largest absolute Gasteiger partial charge is 0.306 e. The van der Waals surface area contributed by atoms with E-state index in [1.807, 2.05) is 0 Å². The molecule has 0 aliphatic carbocycles. The van der Waals surface area contributed by atoms with Crippen LogP contribution in [0, 0.1) is 20.2 Å². The molecule has 11 heteroatoms. The Morgan fingerprint density at radius 3 is 2.45 bits per heavy atom. The molecule has 1 aliphatic heterocycles. The molecule has 2 aromatic carbocycles. The fraction of sp³-hybridized carbons (Fsp3) is 0.111. The summed E-state index contributed by atoms with van der Waals surface area (Å²) in [5, 5.41) is 29.2.